The molecule has 9 heteroatoms. The van der Waals surface area contributed by atoms with Gasteiger partial charge in [0, 0.05) is 0 Å². The number of methoxy groups -OCH3 is 1. The average Bonchev–Trinajstić information content (AvgIpc) is 2.43. The smallest absolute Gasteiger partial charge is 0.339 e. The molecule has 0 radical (unpaired) electrons. The van der Waals surface area contributed by atoms with Gasteiger partial charge < -0.3 is 14.9 Å². The van der Waals surface area contributed by atoms with Gasteiger partial charge in [0.25, 0.3) is 0 Å². The third-order valence-corrected chi connectivity index (χ3v) is 4.11. The lowest BCUT2D eigenvalue weighted by Gasteiger charge is -2.18. The second-order valence-electron chi connectivity index (χ2n) is 4.17. The van der Waals surface area contributed by atoms with Gasteiger partial charge in [-0.3, -0.25) is 4.79 Å². The number of rotatable bonds is 6. The van der Waals surface area contributed by atoms with E-state index in [1.165, 1.54) is 18.2 Å². The monoisotopic (exact) mass is 317 g/mol. The fraction of sp³-hybridized carbons (Fsp3) is 0.333. The quantitative estimate of drug-likeness (QED) is 0.608. The molecule has 1 rings (SSSR count). The number of esters is 1. The summed E-state index contributed by atoms with van der Waals surface area (Å²) in [4.78, 5) is 22.1. The Morgan fingerprint density at radius 2 is 1.86 bits per heavy atom. The standard InChI is InChI=1S/C12H15NO7S/c1-7(14)10(11(15)16)13-21(18,19)9-6-4-3-5-8(9)12(17)20-2/h3-7,10,13-14H,1-2H3,(H,15,16). The van der Waals surface area contributed by atoms with Crippen molar-refractivity contribution in [1.29, 1.82) is 0 Å². The van der Waals surface area contributed by atoms with E-state index in [1.807, 2.05) is 4.72 Å². The number of sulfonamides is 1. The number of ether oxygens (including phenoxy) is 1. The highest BCUT2D eigenvalue weighted by Gasteiger charge is 2.31. The van der Waals surface area contributed by atoms with E-state index >= 15 is 0 Å². The molecular formula is C12H15NO7S. The Hall–Kier alpha value is -1.97. The summed E-state index contributed by atoms with van der Waals surface area (Å²) in [5, 5.41) is 18.2. The highest BCUT2D eigenvalue weighted by Crippen LogP contribution is 2.17. The number of nitrogens with one attached hydrogen (secondary N) is 1. The fourth-order valence-electron chi connectivity index (χ4n) is 1.57. The van der Waals surface area contributed by atoms with Crippen molar-refractivity contribution in [3.05, 3.63) is 29.8 Å². The Morgan fingerprint density at radius 3 is 2.33 bits per heavy atom. The summed E-state index contributed by atoms with van der Waals surface area (Å²) >= 11 is 0. The second-order valence-corrected chi connectivity index (χ2v) is 5.85. The number of hydrogen-bond donors (Lipinski definition) is 3. The lowest BCUT2D eigenvalue weighted by atomic mass is 10.2. The number of carbonyl (C=O) groups is 2. The molecule has 2 atom stereocenters. The molecule has 0 fully saturated rings. The zero-order valence-corrected chi connectivity index (χ0v) is 12.1. The Morgan fingerprint density at radius 1 is 1.29 bits per heavy atom. The molecule has 116 valence electrons. The van der Waals surface area contributed by atoms with Crippen LogP contribution >= 0.6 is 0 Å². The molecule has 0 saturated carbocycles. The van der Waals surface area contributed by atoms with Crippen LogP contribution in [0.3, 0.4) is 0 Å². The van der Waals surface area contributed by atoms with Gasteiger partial charge in [0.2, 0.25) is 10.0 Å². The molecular weight excluding hydrogens is 302 g/mol. The first-order valence-electron chi connectivity index (χ1n) is 5.81. The first-order valence-corrected chi connectivity index (χ1v) is 7.29. The SMILES string of the molecule is COC(=O)c1ccccc1S(=O)(=O)NC(C(=O)O)C(C)O. The molecule has 0 heterocycles. The average molecular weight is 317 g/mol. The number of carbonyl (C=O) groups excluding carboxylic acids is 1. The van der Waals surface area contributed by atoms with Crippen molar-refractivity contribution in [2.45, 2.75) is 24.0 Å². The van der Waals surface area contributed by atoms with Crippen molar-refractivity contribution >= 4 is 22.0 Å². The van der Waals surface area contributed by atoms with E-state index in [1.54, 1.807) is 0 Å². The number of aliphatic hydroxyl groups is 1. The summed E-state index contributed by atoms with van der Waals surface area (Å²) in [6.07, 6.45) is -1.46. The van der Waals surface area contributed by atoms with E-state index in [4.69, 9.17) is 5.11 Å². The number of aliphatic carboxylic acids is 1. The van der Waals surface area contributed by atoms with Crippen molar-refractivity contribution < 1.29 is 33.0 Å². The predicted octanol–water partition coefficient (Wildman–Crippen LogP) is -0.414. The minimum Gasteiger partial charge on any atom is -0.480 e. The van der Waals surface area contributed by atoms with Crippen molar-refractivity contribution in [3.8, 4) is 0 Å². The molecule has 0 aliphatic carbocycles. The third kappa shape index (κ3) is 4.00. The normalized spacial score (nSPS) is 14.2. The number of hydrogen-bond acceptors (Lipinski definition) is 6. The van der Waals surface area contributed by atoms with Crippen molar-refractivity contribution in [2.24, 2.45) is 0 Å². The van der Waals surface area contributed by atoms with E-state index in [2.05, 4.69) is 4.74 Å². The molecule has 2 unspecified atom stereocenters. The highest BCUT2D eigenvalue weighted by atomic mass is 32.2. The molecule has 3 N–H and O–H groups in total. The maximum atomic E-state index is 12.2. The van der Waals surface area contributed by atoms with Crippen LogP contribution in [0.15, 0.2) is 29.2 Å². The Balaban J connectivity index is 3.26. The van der Waals surface area contributed by atoms with Gasteiger partial charge in [-0.2, -0.15) is 4.72 Å². The lowest BCUT2D eigenvalue weighted by molar-refractivity contribution is -0.141. The molecule has 0 bridgehead atoms. The summed E-state index contributed by atoms with van der Waals surface area (Å²) < 4.78 is 30.7. The Bertz CT molecular complexity index is 639. The third-order valence-electron chi connectivity index (χ3n) is 2.61. The van der Waals surface area contributed by atoms with Crippen LogP contribution < -0.4 is 4.72 Å². The van der Waals surface area contributed by atoms with Gasteiger partial charge in [-0.05, 0) is 19.1 Å². The zero-order chi connectivity index (χ0) is 16.2. The highest BCUT2D eigenvalue weighted by molar-refractivity contribution is 7.89. The number of aliphatic hydroxyl groups excluding tert-OH is 1. The second kappa shape index (κ2) is 6.66. The Labute approximate surface area is 121 Å². The van der Waals surface area contributed by atoms with Gasteiger partial charge >= 0.3 is 11.9 Å². The van der Waals surface area contributed by atoms with Crippen LogP contribution in [0, 0.1) is 0 Å². The molecule has 0 aliphatic rings. The molecule has 0 amide bonds. The summed E-state index contributed by atoms with van der Waals surface area (Å²) in [5.41, 5.74) is -0.234. The first kappa shape index (κ1) is 17.1. The van der Waals surface area contributed by atoms with Crippen molar-refractivity contribution in [3.63, 3.8) is 0 Å². The van der Waals surface area contributed by atoms with Crippen LogP contribution in [0.4, 0.5) is 0 Å². The number of carboxylic acids is 1. The van der Waals surface area contributed by atoms with Gasteiger partial charge in [-0.1, -0.05) is 12.1 Å². The predicted molar refractivity (Wildman–Crippen MR) is 71.2 cm³/mol. The first-order chi connectivity index (χ1) is 9.70. The van der Waals surface area contributed by atoms with Crippen LogP contribution in [0.2, 0.25) is 0 Å². The van der Waals surface area contributed by atoms with Crippen molar-refractivity contribution in [2.75, 3.05) is 7.11 Å². The molecule has 8 nitrogen and oxygen atoms in total. The van der Waals surface area contributed by atoms with E-state index < -0.39 is 39.0 Å². The van der Waals surface area contributed by atoms with E-state index in [0.717, 1.165) is 20.1 Å². The number of carboxylic acid groups (broad SMARTS) is 1. The molecule has 0 aliphatic heterocycles. The van der Waals surface area contributed by atoms with Gasteiger partial charge in [0.05, 0.1) is 23.7 Å². The maximum absolute atomic E-state index is 12.2. The van der Waals surface area contributed by atoms with E-state index in [9.17, 15) is 23.1 Å². The fourth-order valence-corrected chi connectivity index (χ4v) is 3.02. The Kier molecular flexibility index (Phi) is 5.41. The summed E-state index contributed by atoms with van der Waals surface area (Å²) in [7, 11) is -3.23. The summed E-state index contributed by atoms with van der Waals surface area (Å²) in [5.74, 6) is -2.41. The van der Waals surface area contributed by atoms with Gasteiger partial charge in [0.1, 0.15) is 6.04 Å². The summed E-state index contributed by atoms with van der Waals surface area (Å²) in [6, 6.07) is 3.45. The van der Waals surface area contributed by atoms with Crippen LogP contribution in [0.25, 0.3) is 0 Å². The van der Waals surface area contributed by atoms with Gasteiger partial charge in [-0.25, -0.2) is 13.2 Å². The lowest BCUT2D eigenvalue weighted by Crippen LogP contribution is -2.47. The van der Waals surface area contributed by atoms with Crippen LogP contribution in [0.5, 0.6) is 0 Å². The van der Waals surface area contributed by atoms with Gasteiger partial charge in [0.15, 0.2) is 0 Å². The minimum absolute atomic E-state index is 0.234. The summed E-state index contributed by atoms with van der Waals surface area (Å²) in [6.45, 7) is 1.13. The molecule has 1 aromatic rings. The maximum Gasteiger partial charge on any atom is 0.339 e. The van der Waals surface area contributed by atoms with E-state index in [0.29, 0.717) is 0 Å². The molecule has 0 spiro atoms. The van der Waals surface area contributed by atoms with E-state index in [-0.39, 0.29) is 5.56 Å². The van der Waals surface area contributed by atoms with Crippen LogP contribution in [-0.4, -0.2) is 49.8 Å². The van der Waals surface area contributed by atoms with Crippen molar-refractivity contribution in [1.82, 2.24) is 4.72 Å². The molecule has 21 heavy (non-hydrogen) atoms. The topological polar surface area (TPSA) is 130 Å². The largest absolute Gasteiger partial charge is 0.480 e. The molecule has 1 aromatic carbocycles. The molecule has 0 saturated heterocycles. The zero-order valence-electron chi connectivity index (χ0n) is 11.3. The minimum atomic E-state index is -4.33. The molecule has 0 aromatic heterocycles. The van der Waals surface area contributed by atoms with Gasteiger partial charge in [-0.15, -0.1) is 0 Å². The number of benzene rings is 1. The van der Waals surface area contributed by atoms with Crippen LogP contribution in [-0.2, 0) is 19.6 Å². The van der Waals surface area contributed by atoms with Crippen LogP contribution in [0.1, 0.15) is 17.3 Å².